The van der Waals surface area contributed by atoms with Crippen LogP contribution in [-0.2, 0) is 6.42 Å². The number of nitrogen functional groups attached to an aromatic ring is 1. The normalized spacial score (nSPS) is 10.5. The minimum atomic E-state index is 0.714. The fraction of sp³-hybridized carbons (Fsp3) is 0.368. The van der Waals surface area contributed by atoms with E-state index < -0.39 is 0 Å². The van der Waals surface area contributed by atoms with Gasteiger partial charge in [-0.15, -0.1) is 0 Å². The Kier molecular flexibility index (Phi) is 6.13. The zero-order valence-corrected chi connectivity index (χ0v) is 13.6. The van der Waals surface area contributed by atoms with Gasteiger partial charge in [0.1, 0.15) is 5.75 Å². The molecule has 0 radical (unpaired) electrons. The summed E-state index contributed by atoms with van der Waals surface area (Å²) in [6.07, 6.45) is 3.11. The lowest BCUT2D eigenvalue weighted by molar-refractivity contribution is 0.319. The maximum atomic E-state index is 6.05. The minimum Gasteiger partial charge on any atom is -0.491 e. The summed E-state index contributed by atoms with van der Waals surface area (Å²) in [6.45, 7) is 3.83. The predicted octanol–water partition coefficient (Wildman–Crippen LogP) is 4.13. The maximum absolute atomic E-state index is 6.05. The van der Waals surface area contributed by atoms with E-state index in [1.807, 2.05) is 18.2 Å². The van der Waals surface area contributed by atoms with Gasteiger partial charge in [-0.3, -0.25) is 0 Å². The maximum Gasteiger partial charge on any atom is 0.142 e. The quantitative estimate of drug-likeness (QED) is 0.745. The van der Waals surface area contributed by atoms with Crippen LogP contribution in [0, 0.1) is 0 Å². The van der Waals surface area contributed by atoms with E-state index in [2.05, 4.69) is 49.2 Å². The molecule has 0 bridgehead atoms. The molecule has 0 saturated carbocycles. The van der Waals surface area contributed by atoms with E-state index in [1.165, 1.54) is 11.3 Å². The number of hydrogen-bond acceptors (Lipinski definition) is 3. The van der Waals surface area contributed by atoms with Gasteiger partial charge in [0.2, 0.25) is 0 Å². The number of aryl methyl sites for hydroxylation is 1. The average molecular weight is 298 g/mol. The number of hydrogen-bond donors (Lipinski definition) is 1. The molecule has 118 valence electrons. The molecule has 0 amide bonds. The summed E-state index contributed by atoms with van der Waals surface area (Å²) in [6, 6.07) is 16.6. The molecule has 0 aliphatic carbocycles. The molecule has 2 aromatic rings. The van der Waals surface area contributed by atoms with Crippen LogP contribution >= 0.6 is 0 Å². The van der Waals surface area contributed by atoms with Crippen molar-refractivity contribution in [1.82, 2.24) is 0 Å². The van der Waals surface area contributed by atoms with E-state index in [1.54, 1.807) is 0 Å². The second kappa shape index (κ2) is 8.32. The van der Waals surface area contributed by atoms with Gasteiger partial charge in [-0.1, -0.05) is 31.2 Å². The second-order valence-electron chi connectivity index (χ2n) is 5.58. The Morgan fingerprint density at radius 2 is 1.86 bits per heavy atom. The Labute approximate surface area is 133 Å². The third-order valence-electron chi connectivity index (χ3n) is 3.69. The predicted molar refractivity (Wildman–Crippen MR) is 94.7 cm³/mol. The molecular formula is C19H26N2O. The summed E-state index contributed by atoms with van der Waals surface area (Å²) in [5.74, 6) is 0.798. The Hall–Kier alpha value is -2.16. The highest BCUT2D eigenvalue weighted by Crippen LogP contribution is 2.23. The lowest BCUT2D eigenvalue weighted by Gasteiger charge is -2.19. The number of para-hydroxylation sites is 1. The van der Waals surface area contributed by atoms with E-state index in [4.69, 9.17) is 10.5 Å². The zero-order chi connectivity index (χ0) is 15.8. The van der Waals surface area contributed by atoms with Gasteiger partial charge in [-0.2, -0.15) is 0 Å². The number of nitrogens with zero attached hydrogens (tertiary/aromatic N) is 1. The molecule has 0 atom stereocenters. The van der Waals surface area contributed by atoms with Crippen LogP contribution in [-0.4, -0.2) is 20.2 Å². The number of nitrogens with two attached hydrogens (primary N) is 1. The van der Waals surface area contributed by atoms with Crippen molar-refractivity contribution in [3.05, 3.63) is 54.1 Å². The molecule has 3 heteroatoms. The third kappa shape index (κ3) is 4.69. The highest BCUT2D eigenvalue weighted by molar-refractivity contribution is 5.54. The number of anilines is 2. The van der Waals surface area contributed by atoms with Gasteiger partial charge < -0.3 is 15.4 Å². The standard InChI is InChI=1S/C19H26N2O/c1-3-14-22-19-12-11-16(15-18(19)20)8-7-13-21(2)17-9-5-4-6-10-17/h4-6,9-12,15H,3,7-8,13-14,20H2,1-2H3. The van der Waals surface area contributed by atoms with Crippen LogP contribution in [0.3, 0.4) is 0 Å². The summed E-state index contributed by atoms with van der Waals surface area (Å²) in [7, 11) is 2.13. The van der Waals surface area contributed by atoms with Crippen molar-refractivity contribution in [1.29, 1.82) is 0 Å². The van der Waals surface area contributed by atoms with Crippen molar-refractivity contribution in [3.8, 4) is 5.75 Å². The fourth-order valence-corrected chi connectivity index (χ4v) is 2.43. The first kappa shape index (κ1) is 16.2. The highest BCUT2D eigenvalue weighted by atomic mass is 16.5. The first-order chi connectivity index (χ1) is 10.7. The minimum absolute atomic E-state index is 0.714. The molecule has 22 heavy (non-hydrogen) atoms. The first-order valence-electron chi connectivity index (χ1n) is 7.98. The molecule has 0 aliphatic rings. The monoisotopic (exact) mass is 298 g/mol. The van der Waals surface area contributed by atoms with Crippen molar-refractivity contribution in [2.24, 2.45) is 0 Å². The van der Waals surface area contributed by atoms with Crippen LogP contribution in [0.15, 0.2) is 48.5 Å². The van der Waals surface area contributed by atoms with Crippen molar-refractivity contribution in [3.63, 3.8) is 0 Å². The Bertz CT molecular complexity index is 569. The van der Waals surface area contributed by atoms with E-state index in [9.17, 15) is 0 Å². The zero-order valence-electron chi connectivity index (χ0n) is 13.6. The first-order valence-corrected chi connectivity index (χ1v) is 7.98. The second-order valence-corrected chi connectivity index (χ2v) is 5.58. The van der Waals surface area contributed by atoms with Crippen LogP contribution in [0.4, 0.5) is 11.4 Å². The molecule has 0 aromatic heterocycles. The summed E-state index contributed by atoms with van der Waals surface area (Å²) in [5, 5.41) is 0. The molecule has 0 heterocycles. The Morgan fingerprint density at radius 1 is 1.09 bits per heavy atom. The van der Waals surface area contributed by atoms with Crippen LogP contribution in [0.2, 0.25) is 0 Å². The van der Waals surface area contributed by atoms with Gasteiger partial charge >= 0.3 is 0 Å². The Morgan fingerprint density at radius 3 is 2.55 bits per heavy atom. The van der Waals surface area contributed by atoms with Gasteiger partial charge in [0.15, 0.2) is 0 Å². The summed E-state index contributed by atoms with van der Waals surface area (Å²) < 4.78 is 5.61. The van der Waals surface area contributed by atoms with Gasteiger partial charge in [-0.25, -0.2) is 0 Å². The molecule has 0 saturated heterocycles. The summed E-state index contributed by atoms with van der Waals surface area (Å²) in [5.41, 5.74) is 9.31. The lowest BCUT2D eigenvalue weighted by atomic mass is 10.1. The molecule has 0 spiro atoms. The van der Waals surface area contributed by atoms with Crippen molar-refractivity contribution >= 4 is 11.4 Å². The van der Waals surface area contributed by atoms with Crippen LogP contribution in [0.25, 0.3) is 0 Å². The van der Waals surface area contributed by atoms with Crippen molar-refractivity contribution in [2.75, 3.05) is 30.8 Å². The van der Waals surface area contributed by atoms with E-state index in [0.717, 1.165) is 37.2 Å². The third-order valence-corrected chi connectivity index (χ3v) is 3.69. The van der Waals surface area contributed by atoms with Crippen molar-refractivity contribution in [2.45, 2.75) is 26.2 Å². The fourth-order valence-electron chi connectivity index (χ4n) is 2.43. The molecule has 2 N–H and O–H groups in total. The molecular weight excluding hydrogens is 272 g/mol. The molecule has 2 rings (SSSR count). The van der Waals surface area contributed by atoms with Crippen LogP contribution in [0.1, 0.15) is 25.3 Å². The molecule has 0 unspecified atom stereocenters. The van der Waals surface area contributed by atoms with E-state index in [-0.39, 0.29) is 0 Å². The topological polar surface area (TPSA) is 38.5 Å². The van der Waals surface area contributed by atoms with Gasteiger partial charge in [0, 0.05) is 19.3 Å². The SMILES string of the molecule is CCCOc1ccc(CCCN(C)c2ccccc2)cc1N. The smallest absolute Gasteiger partial charge is 0.142 e. The highest BCUT2D eigenvalue weighted by Gasteiger charge is 2.04. The van der Waals surface area contributed by atoms with Crippen molar-refractivity contribution < 1.29 is 4.74 Å². The van der Waals surface area contributed by atoms with E-state index in [0.29, 0.717) is 6.61 Å². The van der Waals surface area contributed by atoms with Crippen LogP contribution < -0.4 is 15.4 Å². The van der Waals surface area contributed by atoms with E-state index >= 15 is 0 Å². The average Bonchev–Trinajstić information content (AvgIpc) is 2.55. The summed E-state index contributed by atoms with van der Waals surface area (Å²) >= 11 is 0. The molecule has 2 aromatic carbocycles. The van der Waals surface area contributed by atoms with Crippen LogP contribution in [0.5, 0.6) is 5.75 Å². The molecule has 0 aliphatic heterocycles. The number of rotatable bonds is 8. The van der Waals surface area contributed by atoms with Gasteiger partial charge in [0.05, 0.1) is 12.3 Å². The lowest BCUT2D eigenvalue weighted by Crippen LogP contribution is -2.18. The molecule has 0 fully saturated rings. The van der Waals surface area contributed by atoms with Gasteiger partial charge in [0.25, 0.3) is 0 Å². The van der Waals surface area contributed by atoms with Gasteiger partial charge in [-0.05, 0) is 49.1 Å². The largest absolute Gasteiger partial charge is 0.491 e. The molecule has 3 nitrogen and oxygen atoms in total. The number of benzene rings is 2. The number of ether oxygens (including phenoxy) is 1. The Balaban J connectivity index is 1.83. The summed E-state index contributed by atoms with van der Waals surface area (Å²) in [4.78, 5) is 2.28.